The van der Waals surface area contributed by atoms with E-state index in [4.69, 9.17) is 11.2 Å². The molecule has 0 saturated carbocycles. The first-order valence-corrected chi connectivity index (χ1v) is 5.16. The van der Waals surface area contributed by atoms with Gasteiger partial charge in [0.15, 0.2) is 0 Å². The topological polar surface area (TPSA) is 105 Å². The molecule has 0 bridgehead atoms. The lowest BCUT2D eigenvalue weighted by Crippen LogP contribution is -2.33. The number of aliphatic hydroxyl groups excluding tert-OH is 1. The van der Waals surface area contributed by atoms with Crippen molar-refractivity contribution in [1.29, 1.82) is 0 Å². The minimum atomic E-state index is -1.96. The lowest BCUT2D eigenvalue weighted by molar-refractivity contribution is -0.0459. The van der Waals surface area contributed by atoms with Crippen molar-refractivity contribution in [3.05, 3.63) is 32.6 Å². The highest BCUT2D eigenvalue weighted by Gasteiger charge is 2.34. The van der Waals surface area contributed by atoms with Crippen LogP contribution in [0.25, 0.3) is 0 Å². The van der Waals surface area contributed by atoms with Crippen LogP contribution >= 0.6 is 0 Å². The van der Waals surface area contributed by atoms with Crippen LogP contribution in [0, 0.1) is 6.92 Å². The quantitative estimate of drug-likeness (QED) is 0.585. The van der Waals surface area contributed by atoms with E-state index in [1.54, 1.807) is 0 Å². The molecular formula is C10H14N2O5. The van der Waals surface area contributed by atoms with E-state index in [0.717, 1.165) is 4.57 Å². The molecule has 2 heterocycles. The number of aromatic nitrogens is 2. The molecule has 17 heavy (non-hydrogen) atoms. The molecule has 3 N–H and O–H groups in total. The molecule has 7 nitrogen and oxygen atoms in total. The summed E-state index contributed by atoms with van der Waals surface area (Å²) in [4.78, 5) is 24.9. The van der Waals surface area contributed by atoms with Crippen molar-refractivity contribution < 1.29 is 16.3 Å². The Morgan fingerprint density at radius 3 is 3.00 bits per heavy atom. The van der Waals surface area contributed by atoms with Crippen molar-refractivity contribution in [3.63, 3.8) is 0 Å². The van der Waals surface area contributed by atoms with E-state index in [-0.39, 0.29) is 6.42 Å². The second-order valence-electron chi connectivity index (χ2n) is 3.94. The highest BCUT2D eigenvalue weighted by Crippen LogP contribution is 2.27. The largest absolute Gasteiger partial charge is 0.394 e. The summed E-state index contributed by atoms with van der Waals surface area (Å²) in [6.45, 7) is 1.01. The number of H-pyrrole nitrogens is 1. The predicted octanol–water partition coefficient (Wildman–Crippen LogP) is -1.51. The summed E-state index contributed by atoms with van der Waals surface area (Å²) in [6.07, 6.45) is -2.77. The molecule has 0 spiro atoms. The predicted molar refractivity (Wildman–Crippen MR) is 57.7 cm³/mol. The number of aryl methyl sites for hydroxylation is 1. The number of aromatic amines is 1. The van der Waals surface area contributed by atoms with Gasteiger partial charge in [0, 0.05) is 18.2 Å². The normalized spacial score (nSPS) is 33.7. The Balaban J connectivity index is 2.38. The number of nitrogens with zero attached hydrogens (tertiary/aromatic N) is 1. The highest BCUT2D eigenvalue weighted by atomic mass is 16.5. The van der Waals surface area contributed by atoms with Crippen LogP contribution in [0.5, 0.6) is 0 Å². The zero-order valence-corrected chi connectivity index (χ0v) is 9.21. The third-order valence-corrected chi connectivity index (χ3v) is 2.70. The maximum atomic E-state index is 11.6. The van der Waals surface area contributed by atoms with Crippen LogP contribution in [0.2, 0.25) is 0 Å². The molecule has 1 aliphatic rings. The molecule has 1 aliphatic heterocycles. The first-order valence-electron chi connectivity index (χ1n) is 5.66. The molecule has 1 fully saturated rings. The molecule has 1 saturated heterocycles. The summed E-state index contributed by atoms with van der Waals surface area (Å²) in [6, 6.07) is 0. The second-order valence-corrected chi connectivity index (χ2v) is 3.94. The van der Waals surface area contributed by atoms with Crippen LogP contribution in [0.15, 0.2) is 15.8 Å². The standard InChI is InChI=1S/C10H14N2O5/c1-5-3-12(10(16)11-9(5)15)8-2-6(14)7(4-13)17-8/h3,6-8,13-14H,2,4H2,1H3,(H,11,15,16)/t6-,7+,8+/m0/s1/i6D. The van der Waals surface area contributed by atoms with Gasteiger partial charge in [-0.15, -0.1) is 0 Å². The molecule has 7 heteroatoms. The van der Waals surface area contributed by atoms with Crippen molar-refractivity contribution >= 4 is 0 Å². The summed E-state index contributed by atoms with van der Waals surface area (Å²) in [5.41, 5.74) is -0.849. The van der Waals surface area contributed by atoms with E-state index in [1.165, 1.54) is 13.1 Å². The summed E-state index contributed by atoms with van der Waals surface area (Å²) in [5.74, 6) is 0. The zero-order chi connectivity index (χ0) is 13.5. The molecule has 1 aromatic rings. The van der Waals surface area contributed by atoms with Crippen molar-refractivity contribution in [2.24, 2.45) is 0 Å². The third-order valence-electron chi connectivity index (χ3n) is 2.70. The fourth-order valence-electron chi connectivity index (χ4n) is 1.74. The van der Waals surface area contributed by atoms with Gasteiger partial charge in [-0.2, -0.15) is 0 Å². The van der Waals surface area contributed by atoms with E-state index in [2.05, 4.69) is 4.98 Å². The number of aliphatic hydroxyl groups is 2. The van der Waals surface area contributed by atoms with Gasteiger partial charge in [-0.3, -0.25) is 14.3 Å². The monoisotopic (exact) mass is 243 g/mol. The average Bonchev–Trinajstić information content (AvgIpc) is 2.58. The summed E-state index contributed by atoms with van der Waals surface area (Å²) in [7, 11) is 0. The van der Waals surface area contributed by atoms with Gasteiger partial charge in [0.25, 0.3) is 5.56 Å². The third kappa shape index (κ3) is 2.17. The maximum absolute atomic E-state index is 11.6. The Hall–Kier alpha value is -1.44. The van der Waals surface area contributed by atoms with Crippen molar-refractivity contribution in [3.8, 4) is 0 Å². The number of rotatable bonds is 2. The van der Waals surface area contributed by atoms with E-state index in [1.807, 2.05) is 0 Å². The minimum Gasteiger partial charge on any atom is -0.394 e. The van der Waals surface area contributed by atoms with Gasteiger partial charge in [-0.1, -0.05) is 0 Å². The van der Waals surface area contributed by atoms with E-state index < -0.39 is 36.3 Å². The van der Waals surface area contributed by atoms with Crippen molar-refractivity contribution in [1.82, 2.24) is 9.55 Å². The first-order chi connectivity index (χ1) is 8.35. The lowest BCUT2D eigenvalue weighted by Gasteiger charge is -2.14. The maximum Gasteiger partial charge on any atom is 0.330 e. The SMILES string of the molecule is [2H][C@]1(O)C[C@H](n2cc(C)c(=O)[nH]c2=O)O[C@@H]1CO. The van der Waals surface area contributed by atoms with Crippen LogP contribution in [-0.4, -0.2) is 38.6 Å². The number of hydrogen-bond acceptors (Lipinski definition) is 5. The van der Waals surface area contributed by atoms with Crippen LogP contribution in [-0.2, 0) is 4.74 Å². The van der Waals surface area contributed by atoms with Gasteiger partial charge in [0.1, 0.15) is 12.3 Å². The molecule has 2 rings (SSSR count). The van der Waals surface area contributed by atoms with E-state index in [0.29, 0.717) is 5.56 Å². The molecule has 0 aliphatic carbocycles. The number of nitrogens with one attached hydrogen (secondary N) is 1. The first kappa shape index (κ1) is 10.7. The van der Waals surface area contributed by atoms with Crippen LogP contribution in [0.1, 0.15) is 19.6 Å². The molecular weight excluding hydrogens is 228 g/mol. The zero-order valence-electron chi connectivity index (χ0n) is 10.2. The number of hydrogen-bond donors (Lipinski definition) is 3. The van der Waals surface area contributed by atoms with Gasteiger partial charge >= 0.3 is 5.69 Å². The summed E-state index contributed by atoms with van der Waals surface area (Å²) < 4.78 is 13.9. The molecule has 3 atom stereocenters. The van der Waals surface area contributed by atoms with Gasteiger partial charge in [-0.05, 0) is 6.92 Å². The number of ether oxygens (including phenoxy) is 1. The van der Waals surface area contributed by atoms with Gasteiger partial charge < -0.3 is 14.9 Å². The van der Waals surface area contributed by atoms with Gasteiger partial charge in [0.05, 0.1) is 14.1 Å². The molecule has 94 valence electrons. The fourth-order valence-corrected chi connectivity index (χ4v) is 1.74. The van der Waals surface area contributed by atoms with Gasteiger partial charge in [-0.25, -0.2) is 4.79 Å². The smallest absolute Gasteiger partial charge is 0.330 e. The molecule has 0 radical (unpaired) electrons. The summed E-state index contributed by atoms with van der Waals surface area (Å²) >= 11 is 0. The Bertz CT molecular complexity index is 564. The average molecular weight is 243 g/mol. The molecule has 1 aromatic heterocycles. The van der Waals surface area contributed by atoms with Crippen molar-refractivity contribution in [2.75, 3.05) is 6.61 Å². The Morgan fingerprint density at radius 1 is 1.71 bits per heavy atom. The van der Waals surface area contributed by atoms with E-state index >= 15 is 0 Å². The van der Waals surface area contributed by atoms with Crippen LogP contribution < -0.4 is 11.2 Å². The highest BCUT2D eigenvalue weighted by molar-refractivity contribution is 5.02. The van der Waals surface area contributed by atoms with E-state index in [9.17, 15) is 14.7 Å². The van der Waals surface area contributed by atoms with Crippen molar-refractivity contribution in [2.45, 2.75) is 31.8 Å². The van der Waals surface area contributed by atoms with Crippen LogP contribution in [0.3, 0.4) is 0 Å². The Morgan fingerprint density at radius 2 is 2.41 bits per heavy atom. The minimum absolute atomic E-state index is 0.163. The fraction of sp³-hybridized carbons (Fsp3) is 0.600. The Kier molecular flexibility index (Phi) is 2.79. The lowest BCUT2D eigenvalue weighted by atomic mass is 10.2. The second kappa shape index (κ2) is 4.44. The summed E-state index contributed by atoms with van der Waals surface area (Å²) in [5, 5.41) is 18.7. The Labute approximate surface area is 97.7 Å². The van der Waals surface area contributed by atoms with Gasteiger partial charge in [0.2, 0.25) is 0 Å². The van der Waals surface area contributed by atoms with Crippen LogP contribution in [0.4, 0.5) is 0 Å². The molecule has 0 amide bonds. The molecule has 0 aromatic carbocycles. The molecule has 0 unspecified atom stereocenters.